The molecule has 1 aromatic carbocycles. The number of benzene rings is 1. The van der Waals surface area contributed by atoms with Crippen LogP contribution in [0.15, 0.2) is 23.1 Å². The highest BCUT2D eigenvalue weighted by Crippen LogP contribution is 2.28. The van der Waals surface area contributed by atoms with E-state index in [4.69, 9.17) is 4.74 Å². The molecule has 0 amide bonds. The molecule has 0 bridgehead atoms. The molecule has 0 saturated heterocycles. The van der Waals surface area contributed by atoms with E-state index < -0.39 is 5.97 Å². The van der Waals surface area contributed by atoms with E-state index in [1.54, 1.807) is 11.8 Å². The van der Waals surface area contributed by atoms with E-state index in [1.807, 2.05) is 25.1 Å². The molecular formula is C15H23NO3S. The van der Waals surface area contributed by atoms with E-state index in [-0.39, 0.29) is 0 Å². The average molecular weight is 297 g/mol. The summed E-state index contributed by atoms with van der Waals surface area (Å²) in [6, 6.07) is 5.56. The predicted molar refractivity (Wildman–Crippen MR) is 84.0 cm³/mol. The highest BCUT2D eigenvalue weighted by Gasteiger charge is 2.14. The molecule has 0 saturated carbocycles. The minimum atomic E-state index is -0.883. The molecule has 0 aliphatic carbocycles. The maximum absolute atomic E-state index is 11.4. The fourth-order valence-electron chi connectivity index (χ4n) is 1.82. The number of anilines is 1. The number of nitrogens with one attached hydrogen (secondary N) is 1. The maximum atomic E-state index is 11.4. The zero-order valence-corrected chi connectivity index (χ0v) is 13.0. The summed E-state index contributed by atoms with van der Waals surface area (Å²) >= 11 is 1.55. The van der Waals surface area contributed by atoms with Crippen LogP contribution in [0.3, 0.4) is 0 Å². The van der Waals surface area contributed by atoms with Gasteiger partial charge in [-0.15, -0.1) is 11.8 Å². The van der Waals surface area contributed by atoms with Crippen molar-refractivity contribution < 1.29 is 14.6 Å². The lowest BCUT2D eigenvalue weighted by molar-refractivity contribution is 0.0694. The van der Waals surface area contributed by atoms with Crippen LogP contribution < -0.4 is 5.32 Å². The van der Waals surface area contributed by atoms with Crippen LogP contribution in [0.5, 0.6) is 0 Å². The molecule has 5 heteroatoms. The van der Waals surface area contributed by atoms with Gasteiger partial charge in [0.05, 0.1) is 5.56 Å². The first-order chi connectivity index (χ1) is 9.70. The van der Waals surface area contributed by atoms with Crippen molar-refractivity contribution in [3.8, 4) is 0 Å². The zero-order valence-electron chi connectivity index (χ0n) is 12.1. The number of hydrogen-bond acceptors (Lipinski definition) is 4. The van der Waals surface area contributed by atoms with Crippen molar-refractivity contribution in [1.29, 1.82) is 0 Å². The summed E-state index contributed by atoms with van der Waals surface area (Å²) in [5, 5.41) is 12.6. The molecule has 0 atom stereocenters. The summed E-state index contributed by atoms with van der Waals surface area (Å²) in [6.07, 6.45) is 1.89. The van der Waals surface area contributed by atoms with Gasteiger partial charge < -0.3 is 15.2 Å². The van der Waals surface area contributed by atoms with Crippen LogP contribution in [0.25, 0.3) is 0 Å². The summed E-state index contributed by atoms with van der Waals surface area (Å²) < 4.78 is 5.40. The van der Waals surface area contributed by atoms with Gasteiger partial charge in [-0.2, -0.15) is 0 Å². The third kappa shape index (κ3) is 5.43. The number of thioether (sulfide) groups is 1. The second-order valence-electron chi connectivity index (χ2n) is 4.31. The highest BCUT2D eigenvalue weighted by molar-refractivity contribution is 7.99. The maximum Gasteiger partial charge on any atom is 0.338 e. The Balaban J connectivity index is 2.60. The number of ether oxygens (including phenoxy) is 1. The SMILES string of the molecule is CCCOCCCNc1cccc(SCC)c1C(=O)O. The Bertz CT molecular complexity index is 424. The number of carbonyl (C=O) groups is 1. The van der Waals surface area contributed by atoms with Gasteiger partial charge in [0.1, 0.15) is 0 Å². The topological polar surface area (TPSA) is 58.6 Å². The second kappa shape index (κ2) is 9.66. The number of hydrogen-bond donors (Lipinski definition) is 2. The first-order valence-corrected chi connectivity index (χ1v) is 8.00. The van der Waals surface area contributed by atoms with E-state index in [0.717, 1.165) is 30.1 Å². The van der Waals surface area contributed by atoms with E-state index in [9.17, 15) is 9.90 Å². The van der Waals surface area contributed by atoms with E-state index >= 15 is 0 Å². The van der Waals surface area contributed by atoms with Crippen LogP contribution in [-0.4, -0.2) is 36.6 Å². The summed E-state index contributed by atoms with van der Waals surface area (Å²) in [4.78, 5) is 12.2. The molecule has 112 valence electrons. The van der Waals surface area contributed by atoms with Gasteiger partial charge in [0.2, 0.25) is 0 Å². The van der Waals surface area contributed by atoms with Gasteiger partial charge in [-0.3, -0.25) is 0 Å². The molecule has 0 aromatic heterocycles. The molecule has 0 unspecified atom stereocenters. The van der Waals surface area contributed by atoms with Crippen molar-refractivity contribution in [3.05, 3.63) is 23.8 Å². The number of aromatic carboxylic acids is 1. The van der Waals surface area contributed by atoms with E-state index in [1.165, 1.54) is 0 Å². The van der Waals surface area contributed by atoms with Crippen molar-refractivity contribution in [2.24, 2.45) is 0 Å². The standard InChI is InChI=1S/C15H23NO3S/c1-3-10-19-11-6-9-16-12-7-5-8-13(20-4-2)14(12)15(17)18/h5,7-8,16H,3-4,6,9-11H2,1-2H3,(H,17,18). The highest BCUT2D eigenvalue weighted by atomic mass is 32.2. The molecule has 4 nitrogen and oxygen atoms in total. The van der Waals surface area contributed by atoms with Crippen LogP contribution in [0.2, 0.25) is 0 Å². The van der Waals surface area contributed by atoms with Crippen LogP contribution in [-0.2, 0) is 4.74 Å². The Hall–Kier alpha value is -1.20. The summed E-state index contributed by atoms with van der Waals surface area (Å²) in [5.41, 5.74) is 1.06. The molecule has 0 aliphatic rings. The van der Waals surface area contributed by atoms with Crippen LogP contribution in [0.1, 0.15) is 37.0 Å². The average Bonchev–Trinajstić information content (AvgIpc) is 2.43. The first kappa shape index (κ1) is 16.9. The molecule has 1 aromatic rings. The van der Waals surface area contributed by atoms with Crippen molar-refractivity contribution >= 4 is 23.4 Å². The second-order valence-corrected chi connectivity index (χ2v) is 5.62. The van der Waals surface area contributed by atoms with Gasteiger partial charge in [0, 0.05) is 30.3 Å². The van der Waals surface area contributed by atoms with E-state index in [0.29, 0.717) is 24.4 Å². The zero-order chi connectivity index (χ0) is 14.8. The molecular weight excluding hydrogens is 274 g/mol. The van der Waals surface area contributed by atoms with Gasteiger partial charge in [0.25, 0.3) is 0 Å². The molecule has 20 heavy (non-hydrogen) atoms. The quantitative estimate of drug-likeness (QED) is 0.509. The van der Waals surface area contributed by atoms with Crippen molar-refractivity contribution in [2.45, 2.75) is 31.6 Å². The van der Waals surface area contributed by atoms with Gasteiger partial charge >= 0.3 is 5.97 Å². The molecule has 0 aliphatic heterocycles. The van der Waals surface area contributed by atoms with Crippen molar-refractivity contribution in [2.75, 3.05) is 30.8 Å². The number of carboxylic acid groups (broad SMARTS) is 1. The molecule has 0 spiro atoms. The Morgan fingerprint density at radius 3 is 2.80 bits per heavy atom. The normalized spacial score (nSPS) is 10.5. The van der Waals surface area contributed by atoms with Gasteiger partial charge in [0.15, 0.2) is 0 Å². The fourth-order valence-corrected chi connectivity index (χ4v) is 2.65. The van der Waals surface area contributed by atoms with E-state index in [2.05, 4.69) is 12.2 Å². The summed E-state index contributed by atoms with van der Waals surface area (Å²) in [7, 11) is 0. The van der Waals surface area contributed by atoms with Gasteiger partial charge in [-0.05, 0) is 30.7 Å². The lowest BCUT2D eigenvalue weighted by atomic mass is 10.1. The fraction of sp³-hybridized carbons (Fsp3) is 0.533. The molecule has 0 heterocycles. The smallest absolute Gasteiger partial charge is 0.338 e. The largest absolute Gasteiger partial charge is 0.478 e. The summed E-state index contributed by atoms with van der Waals surface area (Å²) in [6.45, 7) is 6.29. The van der Waals surface area contributed by atoms with Gasteiger partial charge in [-0.25, -0.2) is 4.79 Å². The van der Waals surface area contributed by atoms with Crippen molar-refractivity contribution in [3.63, 3.8) is 0 Å². The minimum Gasteiger partial charge on any atom is -0.478 e. The Morgan fingerprint density at radius 1 is 1.35 bits per heavy atom. The molecule has 0 fully saturated rings. The third-order valence-corrected chi connectivity index (χ3v) is 3.61. The molecule has 1 rings (SSSR count). The van der Waals surface area contributed by atoms with Crippen molar-refractivity contribution in [1.82, 2.24) is 0 Å². The Kier molecular flexibility index (Phi) is 8.14. The minimum absolute atomic E-state index is 0.369. The molecule has 0 radical (unpaired) electrons. The predicted octanol–water partition coefficient (Wildman–Crippen LogP) is 3.73. The lowest BCUT2D eigenvalue weighted by Gasteiger charge is -2.12. The van der Waals surface area contributed by atoms with Crippen LogP contribution in [0, 0.1) is 0 Å². The lowest BCUT2D eigenvalue weighted by Crippen LogP contribution is -2.10. The number of carboxylic acids is 1. The summed E-state index contributed by atoms with van der Waals surface area (Å²) in [5.74, 6) is -0.0273. The van der Waals surface area contributed by atoms with Crippen LogP contribution >= 0.6 is 11.8 Å². The Morgan fingerprint density at radius 2 is 2.15 bits per heavy atom. The van der Waals surface area contributed by atoms with Gasteiger partial charge in [-0.1, -0.05) is 19.9 Å². The first-order valence-electron chi connectivity index (χ1n) is 7.01. The van der Waals surface area contributed by atoms with Crippen LogP contribution in [0.4, 0.5) is 5.69 Å². The monoisotopic (exact) mass is 297 g/mol. The Labute approximate surface area is 124 Å². The number of rotatable bonds is 10. The molecule has 2 N–H and O–H groups in total. The third-order valence-electron chi connectivity index (χ3n) is 2.67.